The van der Waals surface area contributed by atoms with E-state index in [1.165, 1.54) is 0 Å². The average molecular weight is 357 g/mol. The lowest BCUT2D eigenvalue weighted by molar-refractivity contribution is 0.0519. The second kappa shape index (κ2) is 9.04. The van der Waals surface area contributed by atoms with Crippen LogP contribution in [0.1, 0.15) is 35.5 Å². The van der Waals surface area contributed by atoms with Crippen LogP contribution in [0.4, 0.5) is 5.82 Å². The number of rotatable bonds is 6. The molecule has 0 atom stereocenters. The molecule has 0 unspecified atom stereocenters. The average Bonchev–Trinajstić information content (AvgIpc) is 2.61. The summed E-state index contributed by atoms with van der Waals surface area (Å²) in [7, 11) is 0. The Kier molecular flexibility index (Phi) is 6.78. The van der Waals surface area contributed by atoms with Crippen molar-refractivity contribution >= 4 is 29.1 Å². The van der Waals surface area contributed by atoms with E-state index in [1.807, 2.05) is 50.3 Å². The van der Waals surface area contributed by atoms with E-state index in [2.05, 4.69) is 10.3 Å². The van der Waals surface area contributed by atoms with Crippen molar-refractivity contribution in [2.75, 3.05) is 11.9 Å². The fourth-order valence-corrected chi connectivity index (χ4v) is 2.41. The summed E-state index contributed by atoms with van der Waals surface area (Å²) < 4.78 is 5.00. The number of esters is 1. The highest BCUT2D eigenvalue weighted by Crippen LogP contribution is 2.24. The number of allylic oxidation sites excluding steroid dienone is 3. The highest BCUT2D eigenvalue weighted by Gasteiger charge is 2.11. The summed E-state index contributed by atoms with van der Waals surface area (Å²) in [6.45, 7) is 6.03. The lowest BCUT2D eigenvalue weighted by Crippen LogP contribution is -2.09. The van der Waals surface area contributed by atoms with E-state index < -0.39 is 5.97 Å². The number of nitrogens with one attached hydrogen (secondary N) is 1. The maximum absolute atomic E-state index is 11.9. The fourth-order valence-electron chi connectivity index (χ4n) is 2.24. The Labute approximate surface area is 153 Å². The van der Waals surface area contributed by atoms with Gasteiger partial charge in [-0.2, -0.15) is 0 Å². The fraction of sp³-hybridized carbons (Fsp3) is 0.200. The first kappa shape index (κ1) is 18.7. The summed E-state index contributed by atoms with van der Waals surface area (Å²) in [4.78, 5) is 16.2. The predicted molar refractivity (Wildman–Crippen MR) is 103 cm³/mol. The number of ether oxygens (including phenoxy) is 1. The van der Waals surface area contributed by atoms with Crippen LogP contribution in [0.2, 0.25) is 5.02 Å². The van der Waals surface area contributed by atoms with Gasteiger partial charge in [-0.15, -0.1) is 0 Å². The molecule has 0 aliphatic carbocycles. The number of halogens is 1. The highest BCUT2D eigenvalue weighted by atomic mass is 35.5. The van der Waals surface area contributed by atoms with Crippen LogP contribution in [0.15, 0.2) is 54.6 Å². The van der Waals surface area contributed by atoms with E-state index in [4.69, 9.17) is 16.3 Å². The van der Waals surface area contributed by atoms with Gasteiger partial charge < -0.3 is 10.1 Å². The van der Waals surface area contributed by atoms with Gasteiger partial charge in [0.15, 0.2) is 5.69 Å². The molecule has 0 aliphatic heterocycles. The van der Waals surface area contributed by atoms with Crippen LogP contribution in [-0.2, 0) is 4.74 Å². The molecule has 5 heteroatoms. The Morgan fingerprint density at radius 1 is 1.32 bits per heavy atom. The molecular weight excluding hydrogens is 336 g/mol. The van der Waals surface area contributed by atoms with Gasteiger partial charge in [0, 0.05) is 16.3 Å². The number of carbonyl (C=O) groups is 1. The molecule has 0 saturated heterocycles. The lowest BCUT2D eigenvalue weighted by Gasteiger charge is -2.14. The topological polar surface area (TPSA) is 51.2 Å². The zero-order chi connectivity index (χ0) is 18.2. The van der Waals surface area contributed by atoms with Crippen molar-refractivity contribution < 1.29 is 9.53 Å². The van der Waals surface area contributed by atoms with Crippen LogP contribution in [-0.4, -0.2) is 17.6 Å². The SMILES string of the molecule is C/C=C/C=C(\Nc1cccc(C(=O)OCC)n1)c1cc(Cl)ccc1C. The number of aryl methyl sites for hydroxylation is 1. The van der Waals surface area contributed by atoms with E-state index in [0.717, 1.165) is 16.8 Å². The van der Waals surface area contributed by atoms with Crippen LogP contribution >= 0.6 is 11.6 Å². The second-order valence-corrected chi connectivity index (χ2v) is 5.76. The molecule has 2 rings (SSSR count). The molecule has 130 valence electrons. The predicted octanol–water partition coefficient (Wildman–Crippen LogP) is 5.25. The van der Waals surface area contributed by atoms with E-state index in [-0.39, 0.29) is 5.69 Å². The van der Waals surface area contributed by atoms with E-state index >= 15 is 0 Å². The molecule has 2 aromatic rings. The van der Waals surface area contributed by atoms with Crippen molar-refractivity contribution in [1.29, 1.82) is 0 Å². The normalized spacial score (nSPS) is 11.6. The molecule has 0 aliphatic rings. The quantitative estimate of drug-likeness (QED) is 0.567. The van der Waals surface area contributed by atoms with E-state index in [1.54, 1.807) is 25.1 Å². The Morgan fingerprint density at radius 3 is 2.84 bits per heavy atom. The number of aromatic nitrogens is 1. The third kappa shape index (κ3) is 5.19. The summed E-state index contributed by atoms with van der Waals surface area (Å²) in [5.74, 6) is 0.116. The summed E-state index contributed by atoms with van der Waals surface area (Å²) in [5, 5.41) is 3.92. The summed E-state index contributed by atoms with van der Waals surface area (Å²) >= 11 is 6.15. The van der Waals surface area contributed by atoms with Gasteiger partial charge in [0.2, 0.25) is 0 Å². The number of hydrogen-bond donors (Lipinski definition) is 1. The van der Waals surface area contributed by atoms with Gasteiger partial charge in [0.1, 0.15) is 5.82 Å². The molecule has 0 amide bonds. The zero-order valence-electron chi connectivity index (χ0n) is 14.5. The molecule has 0 saturated carbocycles. The lowest BCUT2D eigenvalue weighted by atomic mass is 10.1. The molecule has 0 bridgehead atoms. The number of benzene rings is 1. The van der Waals surface area contributed by atoms with E-state index in [9.17, 15) is 4.79 Å². The molecule has 0 radical (unpaired) electrons. The number of pyridine rings is 1. The summed E-state index contributed by atoms with van der Waals surface area (Å²) in [6.07, 6.45) is 5.80. The second-order valence-electron chi connectivity index (χ2n) is 5.32. The first-order valence-electron chi connectivity index (χ1n) is 8.05. The highest BCUT2D eigenvalue weighted by molar-refractivity contribution is 6.30. The maximum Gasteiger partial charge on any atom is 0.356 e. The van der Waals surface area contributed by atoms with Gasteiger partial charge in [0.25, 0.3) is 0 Å². The van der Waals surface area contributed by atoms with Gasteiger partial charge in [-0.05, 0) is 56.7 Å². The molecule has 1 N–H and O–H groups in total. The van der Waals surface area contributed by atoms with Gasteiger partial charge in [-0.3, -0.25) is 0 Å². The van der Waals surface area contributed by atoms with Gasteiger partial charge in [-0.25, -0.2) is 9.78 Å². The van der Waals surface area contributed by atoms with Crippen molar-refractivity contribution in [1.82, 2.24) is 4.98 Å². The Hall–Kier alpha value is -2.59. The van der Waals surface area contributed by atoms with Gasteiger partial charge in [-0.1, -0.05) is 35.9 Å². The molecule has 0 spiro atoms. The van der Waals surface area contributed by atoms with Gasteiger partial charge in [0.05, 0.1) is 6.61 Å². The summed E-state index contributed by atoms with van der Waals surface area (Å²) in [5.41, 5.74) is 3.15. The summed E-state index contributed by atoms with van der Waals surface area (Å²) in [6, 6.07) is 10.9. The molecule has 1 aromatic carbocycles. The van der Waals surface area contributed by atoms with Crippen LogP contribution in [0.3, 0.4) is 0 Å². The monoisotopic (exact) mass is 356 g/mol. The zero-order valence-corrected chi connectivity index (χ0v) is 15.3. The standard InChI is InChI=1S/C20H21ClN2O2/c1-4-6-8-17(16-13-15(21)12-11-14(16)3)22-19-10-7-9-18(23-19)20(24)25-5-2/h4,6-13H,5H2,1-3H3,(H,22,23)/b6-4+,17-8-. The van der Waals surface area contributed by atoms with Crippen LogP contribution in [0.5, 0.6) is 0 Å². The molecule has 0 fully saturated rings. The molecule has 25 heavy (non-hydrogen) atoms. The van der Waals surface area contributed by atoms with Crippen molar-refractivity contribution in [2.45, 2.75) is 20.8 Å². The first-order valence-corrected chi connectivity index (χ1v) is 8.43. The molecular formula is C20H21ClN2O2. The van der Waals surface area contributed by atoms with Crippen molar-refractivity contribution in [3.8, 4) is 0 Å². The smallest absolute Gasteiger partial charge is 0.356 e. The van der Waals surface area contributed by atoms with Gasteiger partial charge >= 0.3 is 5.97 Å². The maximum atomic E-state index is 11.9. The number of carbonyl (C=O) groups excluding carboxylic acids is 1. The minimum absolute atomic E-state index is 0.264. The Morgan fingerprint density at radius 2 is 2.12 bits per heavy atom. The number of anilines is 1. The third-order valence-corrected chi connectivity index (χ3v) is 3.68. The third-order valence-electron chi connectivity index (χ3n) is 3.44. The first-order chi connectivity index (χ1) is 12.0. The van der Waals surface area contributed by atoms with E-state index in [0.29, 0.717) is 17.4 Å². The molecule has 1 heterocycles. The number of nitrogens with zero attached hydrogens (tertiary/aromatic N) is 1. The molecule has 4 nitrogen and oxygen atoms in total. The largest absolute Gasteiger partial charge is 0.461 e. The molecule has 1 aromatic heterocycles. The van der Waals surface area contributed by atoms with Crippen LogP contribution in [0, 0.1) is 6.92 Å². The Bertz CT molecular complexity index is 813. The Balaban J connectivity index is 2.37. The van der Waals surface area contributed by atoms with Crippen molar-refractivity contribution in [2.24, 2.45) is 0 Å². The number of hydrogen-bond acceptors (Lipinski definition) is 4. The van der Waals surface area contributed by atoms with Crippen molar-refractivity contribution in [3.63, 3.8) is 0 Å². The van der Waals surface area contributed by atoms with Crippen molar-refractivity contribution in [3.05, 3.63) is 76.5 Å². The van der Waals surface area contributed by atoms with Crippen LogP contribution < -0.4 is 5.32 Å². The minimum atomic E-state index is -0.441. The van der Waals surface area contributed by atoms with Crippen LogP contribution in [0.25, 0.3) is 5.70 Å². The minimum Gasteiger partial charge on any atom is -0.461 e.